The molecule has 6 rings (SSSR count). The average molecular weight is 611 g/mol. The van der Waals surface area contributed by atoms with Gasteiger partial charge < -0.3 is 28.4 Å². The lowest BCUT2D eigenvalue weighted by atomic mass is 9.90. The van der Waals surface area contributed by atoms with E-state index >= 15 is 0 Å². The standard InChI is InChI=1S/C30H34N4O10/c1-7-43-25(35)29-30(26(36)44-8-2)33-15-19-20(24(42-6)12-11-23(19)41-5)16-34(30)28(38)32(29)14-18-17(13-31(29)27(33)37)21(39-3)9-10-22(18)40-4/h9-12H,7-8,13-16H2,1-6H3. The van der Waals surface area contributed by atoms with Crippen molar-refractivity contribution in [3.63, 3.8) is 0 Å². The normalized spacial score (nSPS) is 22.9. The lowest BCUT2D eigenvalue weighted by Gasteiger charge is -2.43. The van der Waals surface area contributed by atoms with Crippen LogP contribution in [-0.4, -0.2) is 96.6 Å². The van der Waals surface area contributed by atoms with Crippen molar-refractivity contribution in [3.8, 4) is 23.0 Å². The number of ether oxygens (including phenoxy) is 6. The molecule has 44 heavy (non-hydrogen) atoms. The Balaban J connectivity index is 1.72. The molecule has 0 spiro atoms. The fourth-order valence-corrected chi connectivity index (χ4v) is 7.20. The molecular weight excluding hydrogens is 576 g/mol. The highest BCUT2D eigenvalue weighted by atomic mass is 16.6. The first-order valence-corrected chi connectivity index (χ1v) is 14.2. The van der Waals surface area contributed by atoms with E-state index < -0.39 is 35.3 Å². The molecule has 0 bridgehead atoms. The van der Waals surface area contributed by atoms with Crippen molar-refractivity contribution in [2.45, 2.75) is 51.4 Å². The van der Waals surface area contributed by atoms with Gasteiger partial charge >= 0.3 is 24.0 Å². The third-order valence-electron chi connectivity index (χ3n) is 8.93. The third-order valence-corrected chi connectivity index (χ3v) is 8.93. The number of carbonyl (C=O) groups is 4. The zero-order chi connectivity index (χ0) is 31.6. The smallest absolute Gasteiger partial charge is 0.358 e. The number of benzene rings is 2. The molecule has 0 saturated carbocycles. The number of hydrogen-bond donors (Lipinski definition) is 0. The summed E-state index contributed by atoms with van der Waals surface area (Å²) in [6, 6.07) is 5.37. The van der Waals surface area contributed by atoms with Crippen molar-refractivity contribution in [1.82, 2.24) is 19.6 Å². The maximum atomic E-state index is 14.8. The molecule has 2 fully saturated rings. The second kappa shape index (κ2) is 10.4. The Hall–Kier alpha value is -4.88. The van der Waals surface area contributed by atoms with Crippen LogP contribution in [0.4, 0.5) is 9.59 Å². The highest BCUT2D eigenvalue weighted by molar-refractivity contribution is 6.10. The van der Waals surface area contributed by atoms with Gasteiger partial charge in [-0.3, -0.25) is 19.6 Å². The first kappa shape index (κ1) is 29.2. The van der Waals surface area contributed by atoms with Crippen molar-refractivity contribution in [2.24, 2.45) is 0 Å². The van der Waals surface area contributed by atoms with Gasteiger partial charge in [0.25, 0.3) is 11.3 Å². The van der Waals surface area contributed by atoms with E-state index in [4.69, 9.17) is 28.4 Å². The van der Waals surface area contributed by atoms with E-state index in [0.717, 1.165) is 0 Å². The minimum Gasteiger partial charge on any atom is -0.496 e. The van der Waals surface area contributed by atoms with E-state index in [9.17, 15) is 19.2 Å². The van der Waals surface area contributed by atoms with Gasteiger partial charge in [0.05, 0.1) is 67.8 Å². The number of methoxy groups -OCH3 is 4. The molecule has 0 aliphatic carbocycles. The zero-order valence-corrected chi connectivity index (χ0v) is 25.4. The van der Waals surface area contributed by atoms with Crippen LogP contribution in [0.15, 0.2) is 24.3 Å². The molecular formula is C30H34N4O10. The fourth-order valence-electron chi connectivity index (χ4n) is 7.20. The minimum atomic E-state index is -2.29. The Morgan fingerprint density at radius 2 is 0.818 bits per heavy atom. The predicted octanol–water partition coefficient (Wildman–Crippen LogP) is 2.44. The highest BCUT2D eigenvalue weighted by Gasteiger charge is 2.87. The lowest BCUT2D eigenvalue weighted by Crippen LogP contribution is -2.75. The van der Waals surface area contributed by atoms with Crippen molar-refractivity contribution in [3.05, 3.63) is 46.5 Å². The van der Waals surface area contributed by atoms with E-state index in [2.05, 4.69) is 0 Å². The summed E-state index contributed by atoms with van der Waals surface area (Å²) in [7, 11) is 5.94. The van der Waals surface area contributed by atoms with Gasteiger partial charge in [-0.05, 0) is 38.1 Å². The maximum Gasteiger partial charge on any atom is 0.358 e. The van der Waals surface area contributed by atoms with E-state index in [1.54, 1.807) is 38.1 Å². The largest absolute Gasteiger partial charge is 0.496 e. The quantitative estimate of drug-likeness (QED) is 0.410. The number of rotatable bonds is 8. The Labute approximate surface area is 253 Å². The Morgan fingerprint density at radius 3 is 1.02 bits per heavy atom. The lowest BCUT2D eigenvalue weighted by molar-refractivity contribution is -0.191. The fraction of sp³-hybridized carbons (Fsp3) is 0.467. The number of hydrogen-bond acceptors (Lipinski definition) is 10. The van der Waals surface area contributed by atoms with Crippen molar-refractivity contribution < 1.29 is 47.6 Å². The topological polar surface area (TPSA) is 137 Å². The molecule has 4 amide bonds. The van der Waals surface area contributed by atoms with Gasteiger partial charge in [0.1, 0.15) is 23.0 Å². The average Bonchev–Trinajstić information content (AvgIpc) is 3.19. The number of nitrogens with zero attached hydrogens (tertiary/aromatic N) is 4. The Bertz CT molecular complexity index is 1370. The van der Waals surface area contributed by atoms with Crippen LogP contribution in [0.1, 0.15) is 36.1 Å². The molecule has 234 valence electrons. The van der Waals surface area contributed by atoms with Crippen molar-refractivity contribution in [2.75, 3.05) is 41.7 Å². The molecule has 4 aliphatic heterocycles. The molecule has 4 aliphatic rings. The molecule has 0 N–H and O–H groups in total. The molecule has 14 nitrogen and oxygen atoms in total. The van der Waals surface area contributed by atoms with Crippen LogP contribution in [0.2, 0.25) is 0 Å². The molecule has 0 aromatic heterocycles. The molecule has 14 heteroatoms. The summed E-state index contributed by atoms with van der Waals surface area (Å²) in [4.78, 5) is 63.7. The van der Waals surface area contributed by atoms with Gasteiger partial charge in [-0.1, -0.05) is 0 Å². The van der Waals surface area contributed by atoms with Crippen LogP contribution in [-0.2, 0) is 45.2 Å². The second-order valence-corrected chi connectivity index (χ2v) is 10.5. The van der Waals surface area contributed by atoms with Gasteiger partial charge in [0, 0.05) is 22.3 Å². The summed E-state index contributed by atoms with van der Waals surface area (Å²) >= 11 is 0. The number of carbonyl (C=O) groups excluding carboxylic acids is 4. The molecule has 0 atom stereocenters. The van der Waals surface area contributed by atoms with E-state index in [1.807, 2.05) is 0 Å². The van der Waals surface area contributed by atoms with Crippen molar-refractivity contribution in [1.29, 1.82) is 0 Å². The molecule has 0 radical (unpaired) electrons. The van der Waals surface area contributed by atoms with Gasteiger partial charge in [0.2, 0.25) is 0 Å². The van der Waals surface area contributed by atoms with Crippen molar-refractivity contribution >= 4 is 24.0 Å². The van der Waals surface area contributed by atoms with Gasteiger partial charge in [-0.2, -0.15) is 0 Å². The highest BCUT2D eigenvalue weighted by Crippen LogP contribution is 2.59. The van der Waals surface area contributed by atoms with Crippen LogP contribution in [0, 0.1) is 0 Å². The summed E-state index contributed by atoms with van der Waals surface area (Å²) in [6.07, 6.45) is 0. The minimum absolute atomic E-state index is 0.0784. The SMILES string of the molecule is CCOC(=O)C12N3Cc4c(OC)ccc(OC)c4CN1C(=O)N1Cc4c(OC)ccc(OC)c4CN(C3=O)C12C(=O)OCC. The molecule has 2 saturated heterocycles. The van der Waals surface area contributed by atoms with E-state index in [0.29, 0.717) is 45.3 Å². The van der Waals surface area contributed by atoms with Crippen LogP contribution < -0.4 is 18.9 Å². The third kappa shape index (κ3) is 3.36. The summed E-state index contributed by atoms with van der Waals surface area (Å²) in [5.74, 6) is -0.223. The zero-order valence-electron chi connectivity index (χ0n) is 25.4. The number of fused-ring (bicyclic) bond motifs is 2. The Kier molecular flexibility index (Phi) is 6.89. The monoisotopic (exact) mass is 610 g/mol. The van der Waals surface area contributed by atoms with Gasteiger partial charge in [-0.25, -0.2) is 19.2 Å². The first-order chi connectivity index (χ1) is 21.2. The van der Waals surface area contributed by atoms with Crippen LogP contribution in [0.5, 0.6) is 23.0 Å². The number of esters is 2. The second-order valence-electron chi connectivity index (χ2n) is 10.5. The molecule has 4 heterocycles. The van der Waals surface area contributed by atoms with Crippen LogP contribution >= 0.6 is 0 Å². The Morgan fingerprint density at radius 1 is 0.568 bits per heavy atom. The maximum absolute atomic E-state index is 14.8. The molecule has 0 unspecified atom stereocenters. The summed E-state index contributed by atoms with van der Waals surface area (Å²) in [6.45, 7) is 2.26. The number of amides is 4. The van der Waals surface area contributed by atoms with Crippen LogP contribution in [0.3, 0.4) is 0 Å². The van der Waals surface area contributed by atoms with E-state index in [-0.39, 0.29) is 39.4 Å². The first-order valence-electron chi connectivity index (χ1n) is 14.2. The molecule has 2 aromatic carbocycles. The van der Waals surface area contributed by atoms with Gasteiger partial charge in [0.15, 0.2) is 0 Å². The number of urea groups is 2. The summed E-state index contributed by atoms with van der Waals surface area (Å²) < 4.78 is 34.0. The van der Waals surface area contributed by atoms with Crippen LogP contribution in [0.25, 0.3) is 0 Å². The summed E-state index contributed by atoms with van der Waals surface area (Å²) in [5.41, 5.74) is -2.49. The van der Waals surface area contributed by atoms with E-state index in [1.165, 1.54) is 48.0 Å². The van der Waals surface area contributed by atoms with Gasteiger partial charge in [-0.15, -0.1) is 0 Å². The predicted molar refractivity (Wildman–Crippen MR) is 151 cm³/mol. The summed E-state index contributed by atoms with van der Waals surface area (Å²) in [5, 5.41) is 0. The molecule has 2 aromatic rings.